The van der Waals surface area contributed by atoms with Crippen LogP contribution in [0.3, 0.4) is 0 Å². The minimum absolute atomic E-state index is 0.0790. The van der Waals surface area contributed by atoms with Gasteiger partial charge in [0.2, 0.25) is 0 Å². The molecule has 1 aliphatic rings. The number of nitrogens with zero attached hydrogens (tertiary/aromatic N) is 3. The van der Waals surface area contributed by atoms with Crippen LogP contribution in [-0.4, -0.2) is 51.1 Å². The molecule has 3 rings (SSSR count). The Kier molecular flexibility index (Phi) is 4.85. The lowest BCUT2D eigenvalue weighted by molar-refractivity contribution is -0.143. The smallest absolute Gasteiger partial charge is 0.307 e. The number of piperidine rings is 1. The van der Waals surface area contributed by atoms with Gasteiger partial charge in [-0.3, -0.25) is 4.79 Å². The monoisotopic (exact) mass is 358 g/mol. The second-order valence-corrected chi connectivity index (χ2v) is 7.24. The van der Waals surface area contributed by atoms with Crippen molar-refractivity contribution in [2.75, 3.05) is 19.7 Å². The normalized spacial score (nSPS) is 20.7. The molecule has 3 heterocycles. The topological polar surface area (TPSA) is 120 Å². The lowest BCUT2D eigenvalue weighted by atomic mass is 9.81. The summed E-state index contributed by atoms with van der Waals surface area (Å²) < 4.78 is 7.23. The number of carboxylic acid groups (broad SMARTS) is 1. The number of hydrogen-bond acceptors (Lipinski definition) is 6. The van der Waals surface area contributed by atoms with Crippen LogP contribution >= 0.6 is 0 Å². The van der Waals surface area contributed by atoms with Crippen LogP contribution in [0.15, 0.2) is 18.5 Å². The first-order valence-electron chi connectivity index (χ1n) is 8.50. The van der Waals surface area contributed by atoms with Crippen molar-refractivity contribution < 1.29 is 19.7 Å². The second-order valence-electron chi connectivity index (χ2n) is 7.24. The average molecular weight is 358 g/mol. The van der Waals surface area contributed by atoms with Crippen molar-refractivity contribution in [2.24, 2.45) is 5.92 Å². The third-order valence-corrected chi connectivity index (χ3v) is 4.53. The average Bonchev–Trinajstić information content (AvgIpc) is 3.01. The number of nitriles is 1. The van der Waals surface area contributed by atoms with E-state index in [-0.39, 0.29) is 12.5 Å². The van der Waals surface area contributed by atoms with Gasteiger partial charge in [-0.15, -0.1) is 0 Å². The van der Waals surface area contributed by atoms with Crippen LogP contribution in [0.2, 0.25) is 0 Å². The first kappa shape index (κ1) is 18.2. The fourth-order valence-corrected chi connectivity index (χ4v) is 3.31. The lowest BCUT2D eigenvalue weighted by Gasteiger charge is -2.30. The molecule has 0 radical (unpaired) electrons. The molecule has 138 valence electrons. The van der Waals surface area contributed by atoms with Gasteiger partial charge in [-0.2, -0.15) is 10.4 Å². The third-order valence-electron chi connectivity index (χ3n) is 4.53. The third kappa shape index (κ3) is 3.64. The van der Waals surface area contributed by atoms with Crippen LogP contribution in [0, 0.1) is 17.2 Å². The van der Waals surface area contributed by atoms with Gasteiger partial charge in [0.25, 0.3) is 0 Å². The fraction of sp³-hybridized carbons (Fsp3) is 0.500. The number of carboxylic acids is 1. The van der Waals surface area contributed by atoms with Gasteiger partial charge in [0.05, 0.1) is 35.0 Å². The van der Waals surface area contributed by atoms with Gasteiger partial charge in [0, 0.05) is 12.5 Å². The first-order valence-corrected chi connectivity index (χ1v) is 8.50. The number of aliphatic hydroxyl groups is 1. The molecule has 0 bridgehead atoms. The summed E-state index contributed by atoms with van der Waals surface area (Å²) in [7, 11) is 0. The maximum atomic E-state index is 11.7. The molecule has 0 aliphatic carbocycles. The largest absolute Gasteiger partial charge is 0.489 e. The van der Waals surface area contributed by atoms with Gasteiger partial charge in [0.1, 0.15) is 18.4 Å². The number of pyridine rings is 1. The van der Waals surface area contributed by atoms with Crippen molar-refractivity contribution in [1.82, 2.24) is 14.9 Å². The highest BCUT2D eigenvalue weighted by Gasteiger charge is 2.34. The number of hydrogen-bond donors (Lipinski definition) is 3. The van der Waals surface area contributed by atoms with Crippen molar-refractivity contribution in [3.05, 3.63) is 29.6 Å². The van der Waals surface area contributed by atoms with E-state index in [1.807, 2.05) is 0 Å². The first-order chi connectivity index (χ1) is 12.3. The van der Waals surface area contributed by atoms with E-state index in [2.05, 4.69) is 16.5 Å². The molecule has 1 saturated heterocycles. The summed E-state index contributed by atoms with van der Waals surface area (Å²) >= 11 is 0. The van der Waals surface area contributed by atoms with E-state index in [1.54, 1.807) is 30.6 Å². The van der Waals surface area contributed by atoms with E-state index in [9.17, 15) is 20.3 Å². The molecule has 2 aromatic heterocycles. The molecule has 8 nitrogen and oxygen atoms in total. The summed E-state index contributed by atoms with van der Waals surface area (Å²) in [5.41, 5.74) is 0.700. The summed E-state index contributed by atoms with van der Waals surface area (Å²) in [6.45, 7) is 4.50. The Morgan fingerprint density at radius 1 is 1.58 bits per heavy atom. The number of carbonyl (C=O) groups is 1. The van der Waals surface area contributed by atoms with Crippen molar-refractivity contribution in [3.8, 4) is 11.8 Å². The van der Waals surface area contributed by atoms with Crippen LogP contribution in [-0.2, 0) is 4.79 Å². The molecule has 0 aromatic carbocycles. The Balaban J connectivity index is 2.09. The minimum Gasteiger partial charge on any atom is -0.489 e. The van der Waals surface area contributed by atoms with Crippen molar-refractivity contribution in [3.63, 3.8) is 0 Å². The standard InChI is InChI=1S/C18H22N4O4/c1-18(2,25)10-26-12-5-14(15-8-20-4-3-13(15)17(23)24)16-11(6-19)7-21-22(16)9-12/h5,7,9,13,15,20,25H,3-4,8,10H2,1-2H3,(H,23,24). The lowest BCUT2D eigenvalue weighted by Crippen LogP contribution is -2.39. The Labute approximate surface area is 151 Å². The molecule has 1 fully saturated rings. The van der Waals surface area contributed by atoms with E-state index < -0.39 is 17.5 Å². The molecule has 0 amide bonds. The summed E-state index contributed by atoms with van der Waals surface area (Å²) in [4.78, 5) is 11.7. The SMILES string of the molecule is CC(C)(O)COc1cc(C2CNCCC2C(=O)O)c2c(C#N)cnn2c1. The molecule has 2 unspecified atom stereocenters. The van der Waals surface area contributed by atoms with Crippen LogP contribution in [0.1, 0.15) is 37.3 Å². The number of aromatic nitrogens is 2. The van der Waals surface area contributed by atoms with E-state index >= 15 is 0 Å². The highest BCUT2D eigenvalue weighted by Crippen LogP contribution is 2.35. The van der Waals surface area contributed by atoms with E-state index in [1.165, 1.54) is 6.20 Å². The minimum atomic E-state index is -1.01. The van der Waals surface area contributed by atoms with Crippen molar-refractivity contribution >= 4 is 11.5 Å². The highest BCUT2D eigenvalue weighted by atomic mass is 16.5. The van der Waals surface area contributed by atoms with E-state index in [0.717, 1.165) is 0 Å². The van der Waals surface area contributed by atoms with Crippen molar-refractivity contribution in [1.29, 1.82) is 5.26 Å². The van der Waals surface area contributed by atoms with E-state index in [4.69, 9.17) is 4.74 Å². The van der Waals surface area contributed by atoms with E-state index in [0.29, 0.717) is 41.9 Å². The molecule has 2 atom stereocenters. The number of rotatable bonds is 5. The van der Waals surface area contributed by atoms with Gasteiger partial charge in [-0.25, -0.2) is 4.52 Å². The molecule has 2 aromatic rings. The highest BCUT2D eigenvalue weighted by molar-refractivity contribution is 5.74. The molecule has 1 aliphatic heterocycles. The summed E-state index contributed by atoms with van der Waals surface area (Å²) in [5, 5.41) is 36.3. The predicted molar refractivity (Wildman–Crippen MR) is 93.1 cm³/mol. The Bertz CT molecular complexity index is 862. The van der Waals surface area contributed by atoms with Crippen LogP contribution < -0.4 is 10.1 Å². The zero-order chi connectivity index (χ0) is 18.9. The van der Waals surface area contributed by atoms with Gasteiger partial charge in [0.15, 0.2) is 0 Å². The molecule has 26 heavy (non-hydrogen) atoms. The molecule has 0 spiro atoms. The molecule has 3 N–H and O–H groups in total. The molecular formula is C18H22N4O4. The Morgan fingerprint density at radius 3 is 3.00 bits per heavy atom. The zero-order valence-corrected chi connectivity index (χ0v) is 14.8. The van der Waals surface area contributed by atoms with Crippen molar-refractivity contribution in [2.45, 2.75) is 31.8 Å². The maximum Gasteiger partial charge on any atom is 0.307 e. The number of ether oxygens (including phenoxy) is 1. The fourth-order valence-electron chi connectivity index (χ4n) is 3.31. The quantitative estimate of drug-likeness (QED) is 0.733. The van der Waals surface area contributed by atoms with Gasteiger partial charge in [-0.1, -0.05) is 0 Å². The van der Waals surface area contributed by atoms with Gasteiger partial charge < -0.3 is 20.3 Å². The van der Waals surface area contributed by atoms with Gasteiger partial charge >= 0.3 is 5.97 Å². The summed E-state index contributed by atoms with van der Waals surface area (Å²) in [6, 6.07) is 3.88. The summed E-state index contributed by atoms with van der Waals surface area (Å²) in [6.07, 6.45) is 3.61. The number of fused-ring (bicyclic) bond motifs is 1. The Hall–Kier alpha value is -2.63. The molecule has 8 heteroatoms. The predicted octanol–water partition coefficient (Wildman–Crippen LogP) is 1.13. The summed E-state index contributed by atoms with van der Waals surface area (Å²) in [5.74, 6) is -1.24. The Morgan fingerprint density at radius 2 is 2.35 bits per heavy atom. The second kappa shape index (κ2) is 6.94. The number of aliphatic carboxylic acids is 1. The van der Waals surface area contributed by atoms with Crippen LogP contribution in [0.4, 0.5) is 0 Å². The molecule has 0 saturated carbocycles. The van der Waals surface area contributed by atoms with Crippen LogP contribution in [0.25, 0.3) is 5.52 Å². The maximum absolute atomic E-state index is 11.7. The number of nitrogens with one attached hydrogen (secondary N) is 1. The zero-order valence-electron chi connectivity index (χ0n) is 14.8. The van der Waals surface area contributed by atoms with Gasteiger partial charge in [-0.05, 0) is 38.4 Å². The van der Waals surface area contributed by atoms with Crippen LogP contribution in [0.5, 0.6) is 5.75 Å². The molecular weight excluding hydrogens is 336 g/mol.